The number of sulfonamides is 1. The summed E-state index contributed by atoms with van der Waals surface area (Å²) >= 11 is 3.14. The lowest BCUT2D eigenvalue weighted by Gasteiger charge is -2.33. The predicted molar refractivity (Wildman–Crippen MR) is 151 cm³/mol. The third-order valence-corrected chi connectivity index (χ3v) is 8.08. The third-order valence-electron chi connectivity index (χ3n) is 5.59. The Labute approximate surface area is 223 Å². The Balaban J connectivity index is 1.41. The molecule has 0 radical (unpaired) electrons. The zero-order valence-corrected chi connectivity index (χ0v) is 22.6. The van der Waals surface area contributed by atoms with E-state index in [2.05, 4.69) is 10.0 Å². The average molecular weight is 555 g/mol. The molecule has 3 N–H and O–H groups in total. The van der Waals surface area contributed by atoms with Crippen molar-refractivity contribution >= 4 is 58.6 Å². The lowest BCUT2D eigenvalue weighted by molar-refractivity contribution is -0.149. The fraction of sp³-hybridized carbons (Fsp3) is 0.185. The molecule has 192 valence electrons. The number of aliphatic hydroxyl groups is 1. The molecule has 0 saturated heterocycles. The molecular formula is C27H26N2O5S3. The minimum atomic E-state index is -3.41. The summed E-state index contributed by atoms with van der Waals surface area (Å²) < 4.78 is 40.6. The highest BCUT2D eigenvalue weighted by Crippen LogP contribution is 2.37. The lowest BCUT2D eigenvalue weighted by Crippen LogP contribution is -2.57. The van der Waals surface area contributed by atoms with E-state index in [9.17, 15) is 13.5 Å². The molecule has 0 aliphatic heterocycles. The zero-order chi connectivity index (χ0) is 26.0. The van der Waals surface area contributed by atoms with Crippen LogP contribution in [0.4, 0.5) is 5.69 Å². The number of rotatable bonds is 10. The second-order valence-electron chi connectivity index (χ2n) is 8.78. The van der Waals surface area contributed by atoms with Crippen molar-refractivity contribution in [2.45, 2.75) is 25.5 Å². The predicted octanol–water partition coefficient (Wildman–Crippen LogP) is 5.77. The smallest absolute Gasteiger partial charge is 0.312 e. The van der Waals surface area contributed by atoms with Crippen LogP contribution in [0.2, 0.25) is 0 Å². The first-order chi connectivity index (χ1) is 17.7. The summed E-state index contributed by atoms with van der Waals surface area (Å²) in [7, 11) is -3.41. The van der Waals surface area contributed by atoms with Crippen LogP contribution in [0.3, 0.4) is 0 Å². The van der Waals surface area contributed by atoms with Crippen LogP contribution >= 0.6 is 22.7 Å². The Morgan fingerprint density at radius 2 is 1.46 bits per heavy atom. The van der Waals surface area contributed by atoms with Crippen molar-refractivity contribution in [2.24, 2.45) is 0 Å². The normalized spacial score (nSPS) is 13.1. The van der Waals surface area contributed by atoms with E-state index in [1.54, 1.807) is 47.8 Å². The molecule has 1 atom stereocenters. The standard InChI is InChI=1S/C27H26N2O5S3/c1-27(33-22-16-35-24-12-5-3-10-20(22)24,34-23-17-36-25-13-6-4-11-21(23)25)28-26(30)15-18-8-7-9-19(14-18)29-37(2,31)32/h3-14,16-17,26,28-30H,15H2,1-2H3. The van der Waals surface area contributed by atoms with Gasteiger partial charge in [0.15, 0.2) is 0 Å². The van der Waals surface area contributed by atoms with Crippen LogP contribution in [0.15, 0.2) is 83.6 Å². The monoisotopic (exact) mass is 554 g/mol. The van der Waals surface area contributed by atoms with Crippen LogP contribution in [-0.4, -0.2) is 31.9 Å². The highest BCUT2D eigenvalue weighted by molar-refractivity contribution is 7.92. The van der Waals surface area contributed by atoms with E-state index in [0.717, 1.165) is 32.0 Å². The van der Waals surface area contributed by atoms with Gasteiger partial charge < -0.3 is 14.6 Å². The summed E-state index contributed by atoms with van der Waals surface area (Å²) in [6, 6.07) is 22.8. The van der Waals surface area contributed by atoms with Gasteiger partial charge in [0.1, 0.15) is 17.7 Å². The molecule has 37 heavy (non-hydrogen) atoms. The van der Waals surface area contributed by atoms with Gasteiger partial charge >= 0.3 is 5.91 Å². The Morgan fingerprint density at radius 1 is 0.892 bits per heavy atom. The van der Waals surface area contributed by atoms with Crippen LogP contribution in [-0.2, 0) is 16.4 Å². The van der Waals surface area contributed by atoms with Gasteiger partial charge in [0.25, 0.3) is 0 Å². The number of benzene rings is 3. The summed E-state index contributed by atoms with van der Waals surface area (Å²) in [5.41, 5.74) is 1.16. The van der Waals surface area contributed by atoms with Crippen molar-refractivity contribution in [3.05, 3.63) is 89.1 Å². The van der Waals surface area contributed by atoms with Gasteiger partial charge in [-0.05, 0) is 42.0 Å². The molecule has 5 rings (SSSR count). The molecule has 2 heterocycles. The van der Waals surface area contributed by atoms with E-state index in [1.807, 2.05) is 65.4 Å². The van der Waals surface area contributed by atoms with Crippen LogP contribution in [0.5, 0.6) is 11.5 Å². The minimum Gasteiger partial charge on any atom is -0.438 e. The number of fused-ring (bicyclic) bond motifs is 2. The molecule has 0 bridgehead atoms. The van der Waals surface area contributed by atoms with Crippen molar-refractivity contribution in [1.29, 1.82) is 0 Å². The summed E-state index contributed by atoms with van der Waals surface area (Å²) in [5, 5.41) is 19.9. The van der Waals surface area contributed by atoms with Gasteiger partial charge in [0, 0.05) is 50.0 Å². The fourth-order valence-corrected chi connectivity index (χ4v) is 6.40. The summed E-state index contributed by atoms with van der Waals surface area (Å²) in [4.78, 5) is 0. The van der Waals surface area contributed by atoms with E-state index in [4.69, 9.17) is 9.47 Å². The van der Waals surface area contributed by atoms with Crippen molar-refractivity contribution in [3.63, 3.8) is 0 Å². The van der Waals surface area contributed by atoms with Gasteiger partial charge in [-0.15, -0.1) is 22.7 Å². The number of hydrogen-bond acceptors (Lipinski definition) is 8. The van der Waals surface area contributed by atoms with Gasteiger partial charge in [-0.2, -0.15) is 0 Å². The number of hydrogen-bond donors (Lipinski definition) is 3. The van der Waals surface area contributed by atoms with Crippen LogP contribution < -0.4 is 19.5 Å². The van der Waals surface area contributed by atoms with Gasteiger partial charge in [0.05, 0.1) is 6.26 Å². The van der Waals surface area contributed by atoms with Gasteiger partial charge in [-0.1, -0.05) is 36.4 Å². The van der Waals surface area contributed by atoms with E-state index in [0.29, 0.717) is 17.2 Å². The Morgan fingerprint density at radius 3 is 2.03 bits per heavy atom. The number of nitrogens with one attached hydrogen (secondary N) is 2. The quantitative estimate of drug-likeness (QED) is 0.190. The molecular weight excluding hydrogens is 529 g/mol. The average Bonchev–Trinajstić information content (AvgIpc) is 3.42. The number of thiophene rings is 2. The largest absolute Gasteiger partial charge is 0.438 e. The molecule has 0 fully saturated rings. The molecule has 7 nitrogen and oxygen atoms in total. The molecule has 10 heteroatoms. The summed E-state index contributed by atoms with van der Waals surface area (Å²) in [6.45, 7) is 1.73. The van der Waals surface area contributed by atoms with Crippen molar-refractivity contribution in [3.8, 4) is 11.5 Å². The fourth-order valence-electron chi connectivity index (χ4n) is 4.12. The molecule has 0 aliphatic rings. The van der Waals surface area contributed by atoms with Crippen LogP contribution in [0, 0.1) is 0 Å². The van der Waals surface area contributed by atoms with E-state index in [-0.39, 0.29) is 6.42 Å². The molecule has 0 saturated carbocycles. The third kappa shape index (κ3) is 6.23. The van der Waals surface area contributed by atoms with Crippen LogP contribution in [0.25, 0.3) is 20.2 Å². The molecule has 0 spiro atoms. The Kier molecular flexibility index (Phi) is 7.11. The SMILES string of the molecule is CC(NC(O)Cc1cccc(NS(C)(=O)=O)c1)(Oc1csc2ccccc12)Oc1csc2ccccc12. The highest BCUT2D eigenvalue weighted by Gasteiger charge is 2.33. The Bertz CT molecular complexity index is 1570. The maximum atomic E-state index is 11.6. The summed E-state index contributed by atoms with van der Waals surface area (Å²) in [6.07, 6.45) is 0.225. The van der Waals surface area contributed by atoms with Gasteiger partial charge in [0.2, 0.25) is 10.0 Å². The van der Waals surface area contributed by atoms with Crippen LogP contribution in [0.1, 0.15) is 12.5 Å². The molecule has 3 aromatic carbocycles. The highest BCUT2D eigenvalue weighted by atomic mass is 32.2. The minimum absolute atomic E-state index is 0.191. The van der Waals surface area contributed by atoms with E-state index >= 15 is 0 Å². The first kappa shape index (κ1) is 25.5. The topological polar surface area (TPSA) is 96.9 Å². The van der Waals surface area contributed by atoms with E-state index in [1.165, 1.54) is 0 Å². The second kappa shape index (κ2) is 10.3. The second-order valence-corrected chi connectivity index (χ2v) is 12.4. The molecule has 1 unspecified atom stereocenters. The zero-order valence-electron chi connectivity index (χ0n) is 20.2. The molecule has 2 aromatic heterocycles. The molecule has 5 aromatic rings. The van der Waals surface area contributed by atoms with Crippen molar-refractivity contribution in [1.82, 2.24) is 5.32 Å². The lowest BCUT2D eigenvalue weighted by atomic mass is 10.1. The van der Waals surface area contributed by atoms with Crippen molar-refractivity contribution in [2.75, 3.05) is 11.0 Å². The first-order valence-corrected chi connectivity index (χ1v) is 15.2. The van der Waals surface area contributed by atoms with E-state index < -0.39 is 22.2 Å². The number of anilines is 1. The first-order valence-electron chi connectivity index (χ1n) is 11.5. The molecule has 0 amide bonds. The number of aliphatic hydroxyl groups excluding tert-OH is 1. The van der Waals surface area contributed by atoms with Gasteiger partial charge in [-0.3, -0.25) is 4.72 Å². The maximum absolute atomic E-state index is 11.6. The maximum Gasteiger partial charge on any atom is 0.312 e. The van der Waals surface area contributed by atoms with Crippen molar-refractivity contribution < 1.29 is 23.0 Å². The summed E-state index contributed by atoms with van der Waals surface area (Å²) in [5.74, 6) is -0.140. The Hall–Kier alpha value is -3.15. The van der Waals surface area contributed by atoms with Gasteiger partial charge in [-0.25, -0.2) is 13.7 Å². The molecule has 0 aliphatic carbocycles. The number of ether oxygens (including phenoxy) is 2.